The number of benzene rings is 2. The Morgan fingerprint density at radius 3 is 2.57 bits per heavy atom. The van der Waals surface area contributed by atoms with Gasteiger partial charge in [0.2, 0.25) is 0 Å². The molecule has 2 aromatic carbocycles. The predicted octanol–water partition coefficient (Wildman–Crippen LogP) is 5.16. The highest BCUT2D eigenvalue weighted by Gasteiger charge is 2.17. The van der Waals surface area contributed by atoms with Gasteiger partial charge in [0.15, 0.2) is 0 Å². The number of fused-ring (bicyclic) bond motifs is 1. The molecule has 1 unspecified atom stereocenters. The number of nitrogens with zero attached hydrogens (tertiary/aromatic N) is 1. The highest BCUT2D eigenvalue weighted by Crippen LogP contribution is 2.34. The molecule has 0 bridgehead atoms. The third kappa shape index (κ3) is 3.69. The van der Waals surface area contributed by atoms with E-state index in [4.69, 9.17) is 20.8 Å². The first-order chi connectivity index (χ1) is 11.1. The summed E-state index contributed by atoms with van der Waals surface area (Å²) in [4.78, 5) is 2.15. The van der Waals surface area contributed by atoms with E-state index in [2.05, 4.69) is 19.0 Å². The standard InChI is InChI=1S/C19H20ClNO2/c1-21(2)11-9-18(14-10-12-22-13-14)23-19-8-7-17(20)15-5-3-4-6-16(15)19/h3-8,10,12-13,18H,9,11H2,1-2H3. The average molecular weight is 330 g/mol. The van der Waals surface area contributed by atoms with E-state index in [0.29, 0.717) is 0 Å². The van der Waals surface area contributed by atoms with Crippen molar-refractivity contribution in [3.05, 3.63) is 65.6 Å². The van der Waals surface area contributed by atoms with Crippen LogP contribution >= 0.6 is 11.6 Å². The second-order valence-corrected chi connectivity index (χ2v) is 6.25. The smallest absolute Gasteiger partial charge is 0.128 e. The molecule has 0 aliphatic rings. The van der Waals surface area contributed by atoms with Crippen LogP contribution in [-0.4, -0.2) is 25.5 Å². The van der Waals surface area contributed by atoms with Gasteiger partial charge in [0.05, 0.1) is 12.5 Å². The lowest BCUT2D eigenvalue weighted by Gasteiger charge is -2.21. The summed E-state index contributed by atoms with van der Waals surface area (Å²) in [7, 11) is 4.12. The first-order valence-electron chi connectivity index (χ1n) is 7.66. The minimum Gasteiger partial charge on any atom is -0.485 e. The maximum Gasteiger partial charge on any atom is 0.128 e. The molecule has 3 rings (SSSR count). The van der Waals surface area contributed by atoms with Crippen LogP contribution in [0.1, 0.15) is 18.1 Å². The lowest BCUT2D eigenvalue weighted by Crippen LogP contribution is -2.18. The number of halogens is 1. The lowest BCUT2D eigenvalue weighted by molar-refractivity contribution is 0.181. The fourth-order valence-electron chi connectivity index (χ4n) is 2.62. The van der Waals surface area contributed by atoms with Crippen LogP contribution in [0.15, 0.2) is 59.4 Å². The SMILES string of the molecule is CN(C)CCC(Oc1ccc(Cl)c2ccccc12)c1ccoc1. The third-order valence-electron chi connectivity index (χ3n) is 3.85. The Hall–Kier alpha value is -1.97. The van der Waals surface area contributed by atoms with Crippen molar-refractivity contribution in [1.82, 2.24) is 4.90 Å². The molecule has 3 aromatic rings. The van der Waals surface area contributed by atoms with Gasteiger partial charge in [-0.2, -0.15) is 0 Å². The van der Waals surface area contributed by atoms with Gasteiger partial charge >= 0.3 is 0 Å². The van der Waals surface area contributed by atoms with Crippen LogP contribution in [0.2, 0.25) is 5.02 Å². The van der Waals surface area contributed by atoms with E-state index < -0.39 is 0 Å². The molecule has 4 heteroatoms. The summed E-state index contributed by atoms with van der Waals surface area (Å²) in [5, 5.41) is 2.77. The second kappa shape index (κ2) is 7.07. The Kier molecular flexibility index (Phi) is 4.89. The molecule has 23 heavy (non-hydrogen) atoms. The van der Waals surface area contributed by atoms with Gasteiger partial charge in [-0.3, -0.25) is 0 Å². The normalized spacial score (nSPS) is 12.7. The molecule has 0 saturated heterocycles. The maximum atomic E-state index is 6.33. The molecule has 0 aliphatic heterocycles. The van der Waals surface area contributed by atoms with Crippen molar-refractivity contribution in [3.8, 4) is 5.75 Å². The molecular formula is C19H20ClNO2. The molecule has 0 aliphatic carbocycles. The minimum absolute atomic E-state index is 0.0549. The summed E-state index contributed by atoms with van der Waals surface area (Å²) in [6, 6.07) is 13.8. The summed E-state index contributed by atoms with van der Waals surface area (Å²) >= 11 is 6.29. The van der Waals surface area contributed by atoms with E-state index in [0.717, 1.165) is 40.1 Å². The molecule has 0 saturated carbocycles. The van der Waals surface area contributed by atoms with E-state index in [9.17, 15) is 0 Å². The fourth-order valence-corrected chi connectivity index (χ4v) is 2.85. The summed E-state index contributed by atoms with van der Waals surface area (Å²) < 4.78 is 11.6. The van der Waals surface area contributed by atoms with Gasteiger partial charge in [-0.25, -0.2) is 0 Å². The molecule has 120 valence electrons. The predicted molar refractivity (Wildman–Crippen MR) is 94.2 cm³/mol. The Balaban J connectivity index is 1.92. The van der Waals surface area contributed by atoms with Gasteiger partial charge in [-0.15, -0.1) is 0 Å². The molecule has 0 fully saturated rings. The maximum absolute atomic E-state index is 6.33. The van der Waals surface area contributed by atoms with Crippen LogP contribution in [0.5, 0.6) is 5.75 Å². The largest absolute Gasteiger partial charge is 0.485 e. The number of rotatable bonds is 6. The van der Waals surface area contributed by atoms with Gasteiger partial charge in [-0.05, 0) is 32.3 Å². The van der Waals surface area contributed by atoms with Crippen LogP contribution < -0.4 is 4.74 Å². The van der Waals surface area contributed by atoms with Gasteiger partial charge in [0.25, 0.3) is 0 Å². The van der Waals surface area contributed by atoms with Crippen molar-refractivity contribution in [2.45, 2.75) is 12.5 Å². The number of hydrogen-bond donors (Lipinski definition) is 0. The highest BCUT2D eigenvalue weighted by molar-refractivity contribution is 6.35. The Morgan fingerprint density at radius 2 is 1.87 bits per heavy atom. The van der Waals surface area contributed by atoms with Crippen molar-refractivity contribution in [3.63, 3.8) is 0 Å². The molecule has 3 nitrogen and oxygen atoms in total. The minimum atomic E-state index is -0.0549. The Bertz CT molecular complexity index is 768. The summed E-state index contributed by atoms with van der Waals surface area (Å²) in [5.41, 5.74) is 1.05. The molecule has 0 radical (unpaired) electrons. The molecule has 0 N–H and O–H groups in total. The zero-order valence-corrected chi connectivity index (χ0v) is 14.1. The summed E-state index contributed by atoms with van der Waals surface area (Å²) in [6.45, 7) is 0.932. The number of ether oxygens (including phenoxy) is 1. The monoisotopic (exact) mass is 329 g/mol. The highest BCUT2D eigenvalue weighted by atomic mass is 35.5. The van der Waals surface area contributed by atoms with E-state index in [1.54, 1.807) is 12.5 Å². The van der Waals surface area contributed by atoms with Gasteiger partial charge in [0, 0.05) is 34.3 Å². The van der Waals surface area contributed by atoms with Gasteiger partial charge < -0.3 is 14.1 Å². The second-order valence-electron chi connectivity index (χ2n) is 5.85. The first kappa shape index (κ1) is 15.9. The van der Waals surface area contributed by atoms with Crippen molar-refractivity contribution in [1.29, 1.82) is 0 Å². The first-order valence-corrected chi connectivity index (χ1v) is 8.03. The Morgan fingerprint density at radius 1 is 1.09 bits per heavy atom. The molecule has 0 amide bonds. The number of furan rings is 1. The number of hydrogen-bond acceptors (Lipinski definition) is 3. The average Bonchev–Trinajstić information content (AvgIpc) is 3.08. The van der Waals surface area contributed by atoms with Crippen molar-refractivity contribution in [2.24, 2.45) is 0 Å². The molecule has 1 heterocycles. The molecule has 1 aromatic heterocycles. The van der Waals surface area contributed by atoms with Gasteiger partial charge in [-0.1, -0.05) is 35.9 Å². The molecule has 0 spiro atoms. The van der Waals surface area contributed by atoms with Crippen molar-refractivity contribution < 1.29 is 9.15 Å². The topological polar surface area (TPSA) is 25.6 Å². The molecule has 1 atom stereocenters. The van der Waals surface area contributed by atoms with E-state index in [-0.39, 0.29) is 6.10 Å². The Labute approximate surface area is 141 Å². The molecular weight excluding hydrogens is 310 g/mol. The van der Waals surface area contributed by atoms with Crippen LogP contribution in [0.4, 0.5) is 0 Å². The van der Waals surface area contributed by atoms with E-state index in [1.165, 1.54) is 0 Å². The zero-order chi connectivity index (χ0) is 16.2. The quantitative estimate of drug-likeness (QED) is 0.624. The van der Waals surface area contributed by atoms with Crippen molar-refractivity contribution in [2.75, 3.05) is 20.6 Å². The zero-order valence-electron chi connectivity index (χ0n) is 13.3. The van der Waals surface area contributed by atoms with E-state index >= 15 is 0 Å². The fraction of sp³-hybridized carbons (Fsp3) is 0.263. The van der Waals surface area contributed by atoms with Crippen LogP contribution in [0.3, 0.4) is 0 Å². The third-order valence-corrected chi connectivity index (χ3v) is 4.18. The summed E-state index contributed by atoms with van der Waals surface area (Å²) in [5.74, 6) is 0.843. The van der Waals surface area contributed by atoms with Crippen LogP contribution in [-0.2, 0) is 0 Å². The van der Waals surface area contributed by atoms with Crippen molar-refractivity contribution >= 4 is 22.4 Å². The van der Waals surface area contributed by atoms with E-state index in [1.807, 2.05) is 42.5 Å². The van der Waals surface area contributed by atoms with Crippen LogP contribution in [0, 0.1) is 0 Å². The van der Waals surface area contributed by atoms with Crippen LogP contribution in [0.25, 0.3) is 10.8 Å². The summed E-state index contributed by atoms with van der Waals surface area (Å²) in [6.07, 6.45) is 4.25. The van der Waals surface area contributed by atoms with Gasteiger partial charge in [0.1, 0.15) is 11.9 Å². The lowest BCUT2D eigenvalue weighted by atomic mass is 10.1.